The number of carbonyl (C=O) groups excluding carboxylic acids is 2. The number of amides is 1. The van der Waals surface area contributed by atoms with Crippen molar-refractivity contribution in [1.82, 2.24) is 4.90 Å². The Labute approximate surface area is 202 Å². The van der Waals surface area contributed by atoms with Crippen LogP contribution in [0.15, 0.2) is 42.5 Å². The number of hydrogen-bond acceptors (Lipinski definition) is 4. The number of aliphatic hydroxyl groups is 1. The van der Waals surface area contributed by atoms with Gasteiger partial charge >= 0.3 is 11.9 Å². The number of nitrogens with zero attached hydrogens (tertiary/aromatic N) is 1. The Kier molecular flexibility index (Phi) is 11.7. The van der Waals surface area contributed by atoms with Crippen molar-refractivity contribution in [1.29, 1.82) is 0 Å². The average Bonchev–Trinajstić information content (AvgIpc) is 3.04. The summed E-state index contributed by atoms with van der Waals surface area (Å²) in [6.07, 6.45) is 8.57. The summed E-state index contributed by atoms with van der Waals surface area (Å²) < 4.78 is 32.7. The molecule has 5 nitrogen and oxygen atoms in total. The molecule has 7 heteroatoms. The minimum atomic E-state index is -3.33. The number of hydrogen-bond donors (Lipinski definition) is 1. The quantitative estimate of drug-likeness (QED) is 0.210. The molecule has 0 spiro atoms. The number of rotatable bonds is 15. The van der Waals surface area contributed by atoms with Crippen molar-refractivity contribution in [3.8, 4) is 0 Å². The Morgan fingerprint density at radius 2 is 1.91 bits per heavy atom. The molecule has 1 aromatic carbocycles. The Morgan fingerprint density at radius 3 is 2.62 bits per heavy atom. The molecule has 0 radical (unpaired) electrons. The van der Waals surface area contributed by atoms with Crippen LogP contribution in [0.3, 0.4) is 0 Å². The van der Waals surface area contributed by atoms with Crippen molar-refractivity contribution in [2.24, 2.45) is 5.92 Å². The number of aliphatic hydroxyl groups excluding tert-OH is 1. The van der Waals surface area contributed by atoms with Crippen LogP contribution in [0.1, 0.15) is 70.3 Å². The van der Waals surface area contributed by atoms with Crippen LogP contribution < -0.4 is 0 Å². The number of alkyl halides is 2. The van der Waals surface area contributed by atoms with E-state index in [2.05, 4.69) is 16.9 Å². The zero-order chi connectivity index (χ0) is 25.0. The predicted molar refractivity (Wildman–Crippen MR) is 128 cm³/mol. The summed E-state index contributed by atoms with van der Waals surface area (Å²) in [6, 6.07) is 9.64. The lowest BCUT2D eigenvalue weighted by atomic mass is 9.95. The number of carbonyl (C=O) groups is 2. The van der Waals surface area contributed by atoms with Crippen LogP contribution in [0.5, 0.6) is 0 Å². The van der Waals surface area contributed by atoms with Crippen LogP contribution in [0.4, 0.5) is 8.78 Å². The van der Waals surface area contributed by atoms with Gasteiger partial charge in [0.05, 0.1) is 13.2 Å². The highest BCUT2D eigenvalue weighted by atomic mass is 19.3. The normalized spacial score (nSPS) is 19.5. The van der Waals surface area contributed by atoms with Gasteiger partial charge in [0.1, 0.15) is 0 Å². The number of methoxy groups -OCH3 is 1. The smallest absolute Gasteiger partial charge is 0.326 e. The van der Waals surface area contributed by atoms with Crippen LogP contribution >= 0.6 is 0 Å². The summed E-state index contributed by atoms with van der Waals surface area (Å²) in [5, 5.41) is 10.4. The fourth-order valence-corrected chi connectivity index (χ4v) is 4.38. The van der Waals surface area contributed by atoms with Gasteiger partial charge in [-0.3, -0.25) is 9.59 Å². The summed E-state index contributed by atoms with van der Waals surface area (Å²) >= 11 is 0. The van der Waals surface area contributed by atoms with E-state index < -0.39 is 30.4 Å². The molecular formula is C27H39F2NO4. The van der Waals surface area contributed by atoms with E-state index in [9.17, 15) is 23.5 Å². The molecule has 1 heterocycles. The molecule has 190 valence electrons. The summed E-state index contributed by atoms with van der Waals surface area (Å²) in [5.74, 6) is -4.62. The first kappa shape index (κ1) is 28.0. The molecule has 3 atom stereocenters. The van der Waals surface area contributed by atoms with E-state index in [0.29, 0.717) is 25.7 Å². The number of aryl methyl sites for hydroxylation is 1. The molecular weight excluding hydrogens is 440 g/mol. The molecule has 1 N–H and O–H groups in total. The average molecular weight is 480 g/mol. The molecule has 0 aliphatic carbocycles. The highest BCUT2D eigenvalue weighted by molar-refractivity contribution is 5.86. The standard InChI is InChI=1S/C27H39F2NO4/c1-21(12-10-15-22-13-6-5-7-14-22)24(31)17-11-16-23-20-27(28,29)26(33)30(23)19-9-4-3-8-18-25(32)34-2/h5-7,11,13-14,17,21,23-24,31H,3-4,8-10,12,15-16,18-20H2,1-2H3/b17-11+/t21-,23+,24-/m1/s1. The molecule has 0 bridgehead atoms. The van der Waals surface area contributed by atoms with Crippen LogP contribution in [-0.4, -0.2) is 53.6 Å². The topological polar surface area (TPSA) is 66.8 Å². The van der Waals surface area contributed by atoms with E-state index in [1.165, 1.54) is 17.6 Å². The van der Waals surface area contributed by atoms with E-state index in [0.717, 1.165) is 32.1 Å². The maximum absolute atomic E-state index is 14.1. The fourth-order valence-electron chi connectivity index (χ4n) is 4.38. The van der Waals surface area contributed by atoms with Gasteiger partial charge in [0.25, 0.3) is 5.91 Å². The first-order valence-corrected chi connectivity index (χ1v) is 12.4. The second-order valence-electron chi connectivity index (χ2n) is 9.31. The van der Waals surface area contributed by atoms with Crippen LogP contribution in [-0.2, 0) is 20.7 Å². The van der Waals surface area contributed by atoms with E-state index in [4.69, 9.17) is 0 Å². The largest absolute Gasteiger partial charge is 0.469 e. The van der Waals surface area contributed by atoms with Gasteiger partial charge in [-0.1, -0.05) is 62.2 Å². The molecule has 0 unspecified atom stereocenters. The van der Waals surface area contributed by atoms with E-state index in [1.54, 1.807) is 12.2 Å². The third-order valence-electron chi connectivity index (χ3n) is 6.56. The number of unbranched alkanes of at least 4 members (excludes halogenated alkanes) is 3. The molecule has 1 fully saturated rings. The zero-order valence-corrected chi connectivity index (χ0v) is 20.4. The van der Waals surface area contributed by atoms with Crippen molar-refractivity contribution in [2.75, 3.05) is 13.7 Å². The van der Waals surface area contributed by atoms with Gasteiger partial charge in [-0.05, 0) is 50.0 Å². The van der Waals surface area contributed by atoms with E-state index >= 15 is 0 Å². The number of esters is 1. The molecule has 1 aromatic rings. The van der Waals surface area contributed by atoms with Crippen molar-refractivity contribution in [3.63, 3.8) is 0 Å². The number of ether oxygens (including phenoxy) is 1. The highest BCUT2D eigenvalue weighted by Crippen LogP contribution is 2.35. The molecule has 1 aliphatic heterocycles. The maximum Gasteiger partial charge on any atom is 0.326 e. The summed E-state index contributed by atoms with van der Waals surface area (Å²) in [5.41, 5.74) is 1.27. The third-order valence-corrected chi connectivity index (χ3v) is 6.56. The maximum atomic E-state index is 14.1. The van der Waals surface area contributed by atoms with E-state index in [1.807, 2.05) is 25.1 Å². The molecule has 1 aliphatic rings. The highest BCUT2D eigenvalue weighted by Gasteiger charge is 2.52. The SMILES string of the molecule is COC(=O)CCCCCCN1C(=O)C(F)(F)C[C@@H]1C/C=C/[C@@H](O)[C@H](C)CCCc1ccccc1. The Morgan fingerprint density at radius 1 is 1.21 bits per heavy atom. The molecule has 0 aromatic heterocycles. The zero-order valence-electron chi connectivity index (χ0n) is 20.4. The van der Waals surface area contributed by atoms with Crippen LogP contribution in [0, 0.1) is 5.92 Å². The van der Waals surface area contributed by atoms with Gasteiger partial charge in [0, 0.05) is 25.4 Å². The van der Waals surface area contributed by atoms with Gasteiger partial charge < -0.3 is 14.7 Å². The number of likely N-dealkylation sites (tertiary alicyclic amines) is 1. The lowest BCUT2D eigenvalue weighted by molar-refractivity contribution is -0.148. The van der Waals surface area contributed by atoms with Crippen molar-refractivity contribution in [2.45, 2.75) is 89.2 Å². The number of benzene rings is 1. The predicted octanol–water partition coefficient (Wildman–Crippen LogP) is 5.31. The van der Waals surface area contributed by atoms with Gasteiger partial charge in [-0.2, -0.15) is 8.78 Å². The van der Waals surface area contributed by atoms with Crippen molar-refractivity contribution in [3.05, 3.63) is 48.0 Å². The van der Waals surface area contributed by atoms with Crippen LogP contribution in [0.25, 0.3) is 0 Å². The lowest BCUT2D eigenvalue weighted by Gasteiger charge is -2.23. The third kappa shape index (κ3) is 9.16. The molecule has 1 amide bonds. The van der Waals surface area contributed by atoms with Crippen LogP contribution in [0.2, 0.25) is 0 Å². The Balaban J connectivity index is 1.74. The second-order valence-corrected chi connectivity index (χ2v) is 9.31. The minimum Gasteiger partial charge on any atom is -0.469 e. The van der Waals surface area contributed by atoms with Crippen molar-refractivity contribution < 1.29 is 28.2 Å². The van der Waals surface area contributed by atoms with Gasteiger partial charge in [0.15, 0.2) is 0 Å². The summed E-state index contributed by atoms with van der Waals surface area (Å²) in [4.78, 5) is 24.6. The second kappa shape index (κ2) is 14.2. The van der Waals surface area contributed by atoms with Gasteiger partial charge in [-0.15, -0.1) is 0 Å². The molecule has 2 rings (SSSR count). The fraction of sp³-hybridized carbons (Fsp3) is 0.630. The Hall–Kier alpha value is -2.28. The minimum absolute atomic E-state index is 0.0627. The summed E-state index contributed by atoms with van der Waals surface area (Å²) in [7, 11) is 1.35. The molecule has 1 saturated heterocycles. The lowest BCUT2D eigenvalue weighted by Crippen LogP contribution is -2.37. The Bertz CT molecular complexity index is 784. The summed E-state index contributed by atoms with van der Waals surface area (Å²) in [6.45, 7) is 2.27. The molecule has 0 saturated carbocycles. The molecule has 34 heavy (non-hydrogen) atoms. The van der Waals surface area contributed by atoms with E-state index in [-0.39, 0.29) is 18.4 Å². The first-order valence-electron chi connectivity index (χ1n) is 12.4. The number of halogens is 2. The monoisotopic (exact) mass is 479 g/mol. The van der Waals surface area contributed by atoms with Gasteiger partial charge in [0.2, 0.25) is 0 Å². The van der Waals surface area contributed by atoms with Crippen molar-refractivity contribution >= 4 is 11.9 Å². The van der Waals surface area contributed by atoms with Gasteiger partial charge in [-0.25, -0.2) is 0 Å². The first-order chi connectivity index (χ1) is 16.2.